The van der Waals surface area contributed by atoms with Crippen LogP contribution in [0.25, 0.3) is 0 Å². The van der Waals surface area contributed by atoms with Crippen LogP contribution in [0.1, 0.15) is 29.7 Å². The van der Waals surface area contributed by atoms with Gasteiger partial charge in [-0.15, -0.1) is 0 Å². The maximum atomic E-state index is 5.18. The van der Waals surface area contributed by atoms with E-state index in [9.17, 15) is 0 Å². The summed E-state index contributed by atoms with van der Waals surface area (Å²) < 4.78 is 5.18. The van der Waals surface area contributed by atoms with Gasteiger partial charge in [0.1, 0.15) is 12.1 Å². The zero-order valence-corrected chi connectivity index (χ0v) is 12.9. The highest BCUT2D eigenvalue weighted by Crippen LogP contribution is 2.26. The third kappa shape index (κ3) is 2.73. The maximum absolute atomic E-state index is 5.18. The number of hydrogen-bond donors (Lipinski definition) is 0. The molecule has 0 spiro atoms. The second-order valence-corrected chi connectivity index (χ2v) is 6.22. The van der Waals surface area contributed by atoms with Gasteiger partial charge in [-0.1, -0.05) is 0 Å². The predicted octanol–water partition coefficient (Wildman–Crippen LogP) is 2.27. The smallest absolute Gasteiger partial charge is 0.135 e. The second-order valence-electron chi connectivity index (χ2n) is 6.22. The van der Waals surface area contributed by atoms with E-state index in [1.54, 1.807) is 12.6 Å². The SMILES string of the molecule is c1nc2c(c(N3CCCC3)n1)CCN(Cc1ccoc1)CC2. The van der Waals surface area contributed by atoms with Crippen molar-refractivity contribution in [2.24, 2.45) is 0 Å². The van der Waals surface area contributed by atoms with E-state index in [4.69, 9.17) is 4.42 Å². The lowest BCUT2D eigenvalue weighted by atomic mass is 10.1. The van der Waals surface area contributed by atoms with Gasteiger partial charge in [-0.3, -0.25) is 4.90 Å². The minimum atomic E-state index is 0.955. The van der Waals surface area contributed by atoms with Crippen LogP contribution in [0.3, 0.4) is 0 Å². The van der Waals surface area contributed by atoms with Crippen LogP contribution in [0, 0.1) is 0 Å². The van der Waals surface area contributed by atoms with Crippen molar-refractivity contribution in [3.05, 3.63) is 41.7 Å². The molecule has 0 aromatic carbocycles. The van der Waals surface area contributed by atoms with Crippen molar-refractivity contribution < 1.29 is 4.42 Å². The van der Waals surface area contributed by atoms with E-state index < -0.39 is 0 Å². The average Bonchev–Trinajstić information content (AvgIpc) is 3.20. The summed E-state index contributed by atoms with van der Waals surface area (Å²) in [5, 5.41) is 0. The molecule has 0 radical (unpaired) electrons. The fourth-order valence-electron chi connectivity index (χ4n) is 3.56. The first kappa shape index (κ1) is 13.8. The van der Waals surface area contributed by atoms with Crippen LogP contribution in [0.15, 0.2) is 29.3 Å². The van der Waals surface area contributed by atoms with Crippen LogP contribution in [-0.4, -0.2) is 41.0 Å². The van der Waals surface area contributed by atoms with E-state index in [2.05, 4.69) is 19.8 Å². The van der Waals surface area contributed by atoms with Crippen LogP contribution in [-0.2, 0) is 19.4 Å². The Morgan fingerprint density at radius 1 is 1.05 bits per heavy atom. The summed E-state index contributed by atoms with van der Waals surface area (Å²) in [4.78, 5) is 14.1. The molecule has 1 fully saturated rings. The van der Waals surface area contributed by atoms with Gasteiger partial charge >= 0.3 is 0 Å². The summed E-state index contributed by atoms with van der Waals surface area (Å²) in [7, 11) is 0. The van der Waals surface area contributed by atoms with E-state index >= 15 is 0 Å². The Morgan fingerprint density at radius 2 is 1.91 bits per heavy atom. The topological polar surface area (TPSA) is 45.4 Å². The summed E-state index contributed by atoms with van der Waals surface area (Å²) in [6.45, 7) is 5.35. The molecule has 5 heteroatoms. The number of nitrogens with zero attached hydrogens (tertiary/aromatic N) is 4. The van der Waals surface area contributed by atoms with Gasteiger partial charge in [0.2, 0.25) is 0 Å². The Kier molecular flexibility index (Phi) is 3.81. The Balaban J connectivity index is 1.52. The summed E-state index contributed by atoms with van der Waals surface area (Å²) in [5.41, 5.74) is 3.86. The lowest BCUT2D eigenvalue weighted by molar-refractivity contribution is 0.278. The largest absolute Gasteiger partial charge is 0.472 e. The van der Waals surface area contributed by atoms with Crippen LogP contribution in [0.4, 0.5) is 5.82 Å². The fourth-order valence-corrected chi connectivity index (χ4v) is 3.56. The summed E-state index contributed by atoms with van der Waals surface area (Å²) in [6, 6.07) is 2.05. The van der Waals surface area contributed by atoms with E-state index in [0.717, 1.165) is 45.6 Å². The molecule has 1 saturated heterocycles. The molecule has 0 saturated carbocycles. The molecule has 0 bridgehead atoms. The number of hydrogen-bond acceptors (Lipinski definition) is 5. The molecule has 22 heavy (non-hydrogen) atoms. The molecule has 116 valence electrons. The number of aromatic nitrogens is 2. The van der Waals surface area contributed by atoms with Gasteiger partial charge in [0, 0.05) is 50.3 Å². The van der Waals surface area contributed by atoms with Gasteiger partial charge in [-0.25, -0.2) is 9.97 Å². The maximum Gasteiger partial charge on any atom is 0.135 e. The van der Waals surface area contributed by atoms with E-state index in [0.29, 0.717) is 0 Å². The Morgan fingerprint density at radius 3 is 2.73 bits per heavy atom. The van der Waals surface area contributed by atoms with Crippen molar-refractivity contribution >= 4 is 5.82 Å². The van der Waals surface area contributed by atoms with Crippen molar-refractivity contribution in [2.45, 2.75) is 32.2 Å². The second kappa shape index (κ2) is 6.08. The summed E-state index contributed by atoms with van der Waals surface area (Å²) >= 11 is 0. The minimum absolute atomic E-state index is 0.955. The molecule has 5 nitrogen and oxygen atoms in total. The third-order valence-corrected chi connectivity index (χ3v) is 4.75. The van der Waals surface area contributed by atoms with Crippen molar-refractivity contribution in [1.82, 2.24) is 14.9 Å². The normalized spacial score (nSPS) is 19.2. The van der Waals surface area contributed by atoms with Crippen molar-refractivity contribution in [2.75, 3.05) is 31.1 Å². The van der Waals surface area contributed by atoms with Gasteiger partial charge in [0.05, 0.1) is 18.2 Å². The van der Waals surface area contributed by atoms with E-state index in [1.165, 1.54) is 35.5 Å². The van der Waals surface area contributed by atoms with E-state index in [-0.39, 0.29) is 0 Å². The van der Waals surface area contributed by atoms with Crippen molar-refractivity contribution in [3.63, 3.8) is 0 Å². The standard InChI is InChI=1S/C17H22N4O/c1-2-7-21(6-1)17-15-3-8-20(11-14-5-10-22-12-14)9-4-16(15)18-13-19-17/h5,10,12-13H,1-4,6-9,11H2. The van der Waals surface area contributed by atoms with Crippen molar-refractivity contribution in [3.8, 4) is 0 Å². The van der Waals surface area contributed by atoms with Gasteiger partial charge in [-0.05, 0) is 25.3 Å². The lowest BCUT2D eigenvalue weighted by Gasteiger charge is -2.21. The Labute approximate surface area is 131 Å². The van der Waals surface area contributed by atoms with Gasteiger partial charge in [-0.2, -0.15) is 0 Å². The molecule has 4 rings (SSSR count). The molecule has 0 amide bonds. The predicted molar refractivity (Wildman–Crippen MR) is 84.9 cm³/mol. The number of fused-ring (bicyclic) bond motifs is 1. The van der Waals surface area contributed by atoms with Gasteiger partial charge in [0.25, 0.3) is 0 Å². The molecule has 0 atom stereocenters. The van der Waals surface area contributed by atoms with Gasteiger partial charge < -0.3 is 9.32 Å². The average molecular weight is 298 g/mol. The highest BCUT2D eigenvalue weighted by molar-refractivity contribution is 5.50. The zero-order chi connectivity index (χ0) is 14.8. The monoisotopic (exact) mass is 298 g/mol. The molecule has 2 aromatic heterocycles. The van der Waals surface area contributed by atoms with Crippen LogP contribution < -0.4 is 4.90 Å². The zero-order valence-electron chi connectivity index (χ0n) is 12.9. The highest BCUT2D eigenvalue weighted by Gasteiger charge is 2.23. The number of furan rings is 1. The molecular formula is C17H22N4O. The highest BCUT2D eigenvalue weighted by atomic mass is 16.3. The third-order valence-electron chi connectivity index (χ3n) is 4.75. The molecule has 2 aromatic rings. The Hall–Kier alpha value is -1.88. The van der Waals surface area contributed by atoms with Crippen LogP contribution in [0.2, 0.25) is 0 Å². The molecular weight excluding hydrogens is 276 g/mol. The molecule has 4 heterocycles. The summed E-state index contributed by atoms with van der Waals surface area (Å²) in [6.07, 6.45) is 9.96. The molecule has 0 N–H and O–H groups in total. The van der Waals surface area contributed by atoms with Crippen LogP contribution in [0.5, 0.6) is 0 Å². The lowest BCUT2D eigenvalue weighted by Crippen LogP contribution is -2.26. The molecule has 0 aliphatic carbocycles. The fraction of sp³-hybridized carbons (Fsp3) is 0.529. The van der Waals surface area contributed by atoms with E-state index in [1.807, 2.05) is 12.3 Å². The quantitative estimate of drug-likeness (QED) is 0.870. The molecule has 2 aliphatic rings. The first-order valence-electron chi connectivity index (χ1n) is 8.21. The number of anilines is 1. The van der Waals surface area contributed by atoms with Crippen LogP contribution >= 0.6 is 0 Å². The number of rotatable bonds is 3. The molecule has 2 aliphatic heterocycles. The van der Waals surface area contributed by atoms with Crippen molar-refractivity contribution in [1.29, 1.82) is 0 Å². The minimum Gasteiger partial charge on any atom is -0.472 e. The first-order valence-corrected chi connectivity index (χ1v) is 8.21. The Bertz CT molecular complexity index is 620. The molecule has 0 unspecified atom stereocenters. The summed E-state index contributed by atoms with van der Waals surface area (Å²) in [5.74, 6) is 1.19. The first-order chi connectivity index (χ1) is 10.9. The van der Waals surface area contributed by atoms with Gasteiger partial charge in [0.15, 0.2) is 0 Å².